The highest BCUT2D eigenvalue weighted by molar-refractivity contribution is 7.89. The van der Waals surface area contributed by atoms with Gasteiger partial charge in [-0.15, -0.1) is 0 Å². The monoisotopic (exact) mass is 354 g/mol. The number of hydrogen-bond acceptors (Lipinski definition) is 3. The predicted octanol–water partition coefficient (Wildman–Crippen LogP) is 1.72. The SMILES string of the molecule is CCNC(=NCc1ccc(C)cc1)NCCS(=O)(=O)N(CC)CC. The van der Waals surface area contributed by atoms with Crippen molar-refractivity contribution in [2.24, 2.45) is 4.99 Å². The van der Waals surface area contributed by atoms with Crippen LogP contribution in [0.25, 0.3) is 0 Å². The largest absolute Gasteiger partial charge is 0.357 e. The van der Waals surface area contributed by atoms with Gasteiger partial charge in [-0.3, -0.25) is 0 Å². The van der Waals surface area contributed by atoms with Crippen LogP contribution in [0.5, 0.6) is 0 Å². The Labute approximate surface area is 146 Å². The third-order valence-corrected chi connectivity index (χ3v) is 5.66. The topological polar surface area (TPSA) is 73.8 Å². The molecule has 0 aromatic heterocycles. The highest BCUT2D eigenvalue weighted by Gasteiger charge is 2.18. The average molecular weight is 355 g/mol. The quantitative estimate of drug-likeness (QED) is 0.523. The predicted molar refractivity (Wildman–Crippen MR) is 101 cm³/mol. The molecular weight excluding hydrogens is 324 g/mol. The van der Waals surface area contributed by atoms with Crippen LogP contribution >= 0.6 is 0 Å². The van der Waals surface area contributed by atoms with Crippen LogP contribution in [0.3, 0.4) is 0 Å². The first-order valence-corrected chi connectivity index (χ1v) is 10.1. The number of benzene rings is 1. The Bertz CT molecular complexity index is 608. The lowest BCUT2D eigenvalue weighted by molar-refractivity contribution is 0.445. The molecule has 1 aromatic rings. The molecule has 0 heterocycles. The van der Waals surface area contributed by atoms with E-state index >= 15 is 0 Å². The number of aryl methyl sites for hydroxylation is 1. The van der Waals surface area contributed by atoms with Gasteiger partial charge >= 0.3 is 0 Å². The Morgan fingerprint density at radius 2 is 1.71 bits per heavy atom. The van der Waals surface area contributed by atoms with Gasteiger partial charge in [0.05, 0.1) is 12.3 Å². The number of hydrogen-bond donors (Lipinski definition) is 2. The van der Waals surface area contributed by atoms with Crippen molar-refractivity contribution in [1.82, 2.24) is 14.9 Å². The molecule has 0 atom stereocenters. The van der Waals surface area contributed by atoms with Crippen LogP contribution in [-0.4, -0.2) is 50.6 Å². The fourth-order valence-corrected chi connectivity index (χ4v) is 3.66. The summed E-state index contributed by atoms with van der Waals surface area (Å²) >= 11 is 0. The Morgan fingerprint density at radius 1 is 1.08 bits per heavy atom. The van der Waals surface area contributed by atoms with E-state index in [0.29, 0.717) is 32.1 Å². The van der Waals surface area contributed by atoms with Crippen molar-refractivity contribution in [3.8, 4) is 0 Å². The van der Waals surface area contributed by atoms with Crippen molar-refractivity contribution in [1.29, 1.82) is 0 Å². The molecule has 0 amide bonds. The molecule has 0 bridgehead atoms. The molecule has 136 valence electrons. The van der Waals surface area contributed by atoms with Crippen LogP contribution in [0.15, 0.2) is 29.3 Å². The molecule has 0 aliphatic heterocycles. The van der Waals surface area contributed by atoms with Crippen molar-refractivity contribution >= 4 is 16.0 Å². The van der Waals surface area contributed by atoms with Gasteiger partial charge in [-0.25, -0.2) is 17.7 Å². The molecule has 0 aliphatic carbocycles. The zero-order valence-electron chi connectivity index (χ0n) is 15.2. The van der Waals surface area contributed by atoms with E-state index in [0.717, 1.165) is 12.1 Å². The van der Waals surface area contributed by atoms with E-state index in [1.54, 1.807) is 0 Å². The zero-order valence-corrected chi connectivity index (χ0v) is 16.0. The number of guanidine groups is 1. The molecule has 1 rings (SSSR count). The molecule has 1 aromatic carbocycles. The molecule has 6 nitrogen and oxygen atoms in total. The number of sulfonamides is 1. The van der Waals surface area contributed by atoms with Gasteiger partial charge in [0, 0.05) is 26.2 Å². The van der Waals surface area contributed by atoms with E-state index in [1.807, 2.05) is 32.9 Å². The van der Waals surface area contributed by atoms with Crippen molar-refractivity contribution in [2.45, 2.75) is 34.2 Å². The summed E-state index contributed by atoms with van der Waals surface area (Å²) in [6, 6.07) is 8.21. The standard InChI is InChI=1S/C17H30N4O2S/c1-5-18-17(20-14-16-10-8-15(4)9-11-16)19-12-13-24(22,23)21(6-2)7-3/h8-11H,5-7,12-14H2,1-4H3,(H2,18,19,20). The molecule has 0 saturated carbocycles. The minimum atomic E-state index is -3.22. The Balaban J connectivity index is 2.59. The second-order valence-corrected chi connectivity index (χ2v) is 7.60. The van der Waals surface area contributed by atoms with Crippen molar-refractivity contribution < 1.29 is 8.42 Å². The van der Waals surface area contributed by atoms with Crippen LogP contribution in [0, 0.1) is 6.92 Å². The number of rotatable bonds is 9. The van der Waals surface area contributed by atoms with Gasteiger partial charge in [-0.05, 0) is 19.4 Å². The number of aliphatic imine (C=N–C) groups is 1. The van der Waals surface area contributed by atoms with Gasteiger partial charge in [-0.2, -0.15) is 0 Å². The fourth-order valence-electron chi connectivity index (χ4n) is 2.25. The normalized spacial score (nSPS) is 12.5. The van der Waals surface area contributed by atoms with Gasteiger partial charge in [-0.1, -0.05) is 43.7 Å². The summed E-state index contributed by atoms with van der Waals surface area (Å²) in [6.45, 7) is 10.3. The molecule has 24 heavy (non-hydrogen) atoms. The summed E-state index contributed by atoms with van der Waals surface area (Å²) < 4.78 is 25.8. The van der Waals surface area contributed by atoms with E-state index in [2.05, 4.69) is 34.7 Å². The fraction of sp³-hybridized carbons (Fsp3) is 0.588. The van der Waals surface area contributed by atoms with E-state index in [4.69, 9.17) is 0 Å². The van der Waals surface area contributed by atoms with E-state index in [-0.39, 0.29) is 5.75 Å². The van der Waals surface area contributed by atoms with Gasteiger partial charge in [0.1, 0.15) is 0 Å². The first kappa shape index (κ1) is 20.4. The first-order valence-electron chi connectivity index (χ1n) is 8.48. The Hall–Kier alpha value is -1.60. The number of nitrogens with one attached hydrogen (secondary N) is 2. The summed E-state index contributed by atoms with van der Waals surface area (Å²) in [5.74, 6) is 0.691. The highest BCUT2D eigenvalue weighted by atomic mass is 32.2. The first-order chi connectivity index (χ1) is 11.4. The third-order valence-electron chi connectivity index (χ3n) is 3.64. The van der Waals surface area contributed by atoms with Crippen LogP contribution in [0.1, 0.15) is 31.9 Å². The molecule has 0 saturated heterocycles. The van der Waals surface area contributed by atoms with Crippen LogP contribution < -0.4 is 10.6 Å². The van der Waals surface area contributed by atoms with Gasteiger partial charge in [0.2, 0.25) is 10.0 Å². The van der Waals surface area contributed by atoms with Crippen molar-refractivity contribution in [3.63, 3.8) is 0 Å². The maximum Gasteiger partial charge on any atom is 0.215 e. The van der Waals surface area contributed by atoms with Crippen molar-refractivity contribution in [3.05, 3.63) is 35.4 Å². The molecule has 0 spiro atoms. The second kappa shape index (κ2) is 10.3. The smallest absolute Gasteiger partial charge is 0.215 e. The van der Waals surface area contributed by atoms with E-state index in [1.165, 1.54) is 9.87 Å². The summed E-state index contributed by atoms with van der Waals surface area (Å²) in [6.07, 6.45) is 0. The lowest BCUT2D eigenvalue weighted by atomic mass is 10.1. The van der Waals surface area contributed by atoms with E-state index in [9.17, 15) is 8.42 Å². The van der Waals surface area contributed by atoms with Gasteiger partial charge < -0.3 is 10.6 Å². The highest BCUT2D eigenvalue weighted by Crippen LogP contribution is 2.04. The summed E-state index contributed by atoms with van der Waals surface area (Å²) in [5.41, 5.74) is 2.34. The lowest BCUT2D eigenvalue weighted by Gasteiger charge is -2.19. The maximum absolute atomic E-state index is 12.2. The zero-order chi connectivity index (χ0) is 18.0. The molecule has 2 N–H and O–H groups in total. The summed E-state index contributed by atoms with van der Waals surface area (Å²) in [4.78, 5) is 4.50. The van der Waals surface area contributed by atoms with Crippen LogP contribution in [0.2, 0.25) is 0 Å². The minimum absolute atomic E-state index is 0.0592. The third kappa shape index (κ3) is 6.88. The Morgan fingerprint density at radius 3 is 2.25 bits per heavy atom. The van der Waals surface area contributed by atoms with Crippen molar-refractivity contribution in [2.75, 3.05) is 31.9 Å². The summed E-state index contributed by atoms with van der Waals surface area (Å²) in [7, 11) is -3.22. The second-order valence-electron chi connectivity index (χ2n) is 5.51. The lowest BCUT2D eigenvalue weighted by Crippen LogP contribution is -2.42. The van der Waals surface area contributed by atoms with Crippen LogP contribution in [0.4, 0.5) is 0 Å². The Kier molecular flexibility index (Phi) is 8.78. The molecule has 0 aliphatic rings. The minimum Gasteiger partial charge on any atom is -0.357 e. The molecule has 7 heteroatoms. The molecule has 0 unspecified atom stereocenters. The number of nitrogens with zero attached hydrogens (tertiary/aromatic N) is 2. The van der Waals surface area contributed by atoms with Crippen LogP contribution in [-0.2, 0) is 16.6 Å². The molecule has 0 radical (unpaired) electrons. The van der Waals surface area contributed by atoms with Gasteiger partial charge in [0.25, 0.3) is 0 Å². The maximum atomic E-state index is 12.2. The average Bonchev–Trinajstić information content (AvgIpc) is 2.54. The van der Waals surface area contributed by atoms with Gasteiger partial charge in [0.15, 0.2) is 5.96 Å². The van der Waals surface area contributed by atoms with E-state index < -0.39 is 10.0 Å². The summed E-state index contributed by atoms with van der Waals surface area (Å²) in [5, 5.41) is 6.23. The molecule has 0 fully saturated rings. The molecular formula is C17H30N4O2S.